The van der Waals surface area contributed by atoms with Gasteiger partial charge < -0.3 is 5.32 Å². The van der Waals surface area contributed by atoms with Crippen LogP contribution in [0.25, 0.3) is 0 Å². The zero-order valence-corrected chi connectivity index (χ0v) is 17.0. The molecular formula is C19H20BrFN2O3S. The fraction of sp³-hybridized carbons (Fsp3) is 0.316. The van der Waals surface area contributed by atoms with Crippen molar-refractivity contribution in [2.45, 2.75) is 30.6 Å². The van der Waals surface area contributed by atoms with Crippen LogP contribution in [0, 0.1) is 5.82 Å². The number of sulfonamides is 1. The van der Waals surface area contributed by atoms with E-state index in [0.29, 0.717) is 17.6 Å². The van der Waals surface area contributed by atoms with Gasteiger partial charge in [-0.3, -0.25) is 4.79 Å². The lowest BCUT2D eigenvalue weighted by Gasteiger charge is -2.20. The van der Waals surface area contributed by atoms with E-state index in [2.05, 4.69) is 21.2 Å². The summed E-state index contributed by atoms with van der Waals surface area (Å²) < 4.78 is 41.5. The summed E-state index contributed by atoms with van der Waals surface area (Å²) in [4.78, 5) is 12.5. The number of anilines is 1. The normalized spacial score (nSPS) is 15.9. The highest BCUT2D eigenvalue weighted by molar-refractivity contribution is 9.10. The van der Waals surface area contributed by atoms with Crippen molar-refractivity contribution in [3.63, 3.8) is 0 Å². The van der Waals surface area contributed by atoms with Gasteiger partial charge in [-0.25, -0.2) is 12.8 Å². The number of nitrogens with zero attached hydrogens (tertiary/aromatic N) is 1. The average Bonchev–Trinajstić information content (AvgIpc) is 2.94. The Morgan fingerprint density at radius 1 is 1.00 bits per heavy atom. The summed E-state index contributed by atoms with van der Waals surface area (Å²) in [6.07, 6.45) is 3.80. The number of amides is 1. The predicted molar refractivity (Wildman–Crippen MR) is 106 cm³/mol. The molecule has 144 valence electrons. The van der Waals surface area contributed by atoms with Crippen molar-refractivity contribution < 1.29 is 17.6 Å². The quantitative estimate of drug-likeness (QED) is 0.743. The Hall–Kier alpha value is -1.77. The van der Waals surface area contributed by atoms with E-state index in [1.165, 1.54) is 40.7 Å². The summed E-state index contributed by atoms with van der Waals surface area (Å²) in [5, 5.41) is 2.49. The van der Waals surface area contributed by atoms with Crippen molar-refractivity contribution in [2.75, 3.05) is 18.4 Å². The maximum Gasteiger partial charge on any atom is 0.255 e. The number of benzene rings is 2. The first-order valence-electron chi connectivity index (χ1n) is 8.74. The lowest BCUT2D eigenvalue weighted by Crippen LogP contribution is -2.31. The minimum Gasteiger partial charge on any atom is -0.319 e. The summed E-state index contributed by atoms with van der Waals surface area (Å²) in [5.74, 6) is -1.06. The maximum absolute atomic E-state index is 13.9. The molecule has 1 saturated heterocycles. The molecule has 0 aliphatic carbocycles. The molecule has 2 aromatic carbocycles. The highest BCUT2D eigenvalue weighted by atomic mass is 79.9. The molecule has 1 heterocycles. The Morgan fingerprint density at radius 3 is 2.22 bits per heavy atom. The minimum absolute atomic E-state index is 0.0597. The largest absolute Gasteiger partial charge is 0.319 e. The molecule has 1 aliphatic heterocycles. The van der Waals surface area contributed by atoms with Gasteiger partial charge in [0.2, 0.25) is 10.0 Å². The van der Waals surface area contributed by atoms with Gasteiger partial charge in [0.05, 0.1) is 10.6 Å². The van der Waals surface area contributed by atoms with Crippen molar-refractivity contribution in [2.24, 2.45) is 0 Å². The van der Waals surface area contributed by atoms with E-state index >= 15 is 0 Å². The second-order valence-corrected chi connectivity index (χ2v) is 9.27. The summed E-state index contributed by atoms with van der Waals surface area (Å²) in [6.45, 7) is 1.04. The summed E-state index contributed by atoms with van der Waals surface area (Å²) in [7, 11) is -3.56. The highest BCUT2D eigenvalue weighted by Crippen LogP contribution is 2.22. The third-order valence-electron chi connectivity index (χ3n) is 4.50. The number of hydrogen-bond donors (Lipinski definition) is 1. The van der Waals surface area contributed by atoms with Gasteiger partial charge >= 0.3 is 0 Å². The second kappa shape index (κ2) is 8.50. The maximum atomic E-state index is 13.9. The summed E-state index contributed by atoms with van der Waals surface area (Å²) >= 11 is 3.16. The van der Waals surface area contributed by atoms with Crippen LogP contribution in [0.1, 0.15) is 36.0 Å². The number of carbonyl (C=O) groups is 1. The molecule has 0 saturated carbocycles. The number of carbonyl (C=O) groups excluding carboxylic acids is 1. The van der Waals surface area contributed by atoms with E-state index in [1.807, 2.05) is 0 Å². The van der Waals surface area contributed by atoms with Crippen molar-refractivity contribution >= 4 is 37.5 Å². The second-order valence-electron chi connectivity index (χ2n) is 6.42. The van der Waals surface area contributed by atoms with Crippen LogP contribution in [0.2, 0.25) is 0 Å². The molecular weight excluding hydrogens is 435 g/mol. The zero-order valence-electron chi connectivity index (χ0n) is 14.6. The Bertz CT molecular complexity index is 924. The van der Waals surface area contributed by atoms with Crippen molar-refractivity contribution in [3.8, 4) is 0 Å². The smallest absolute Gasteiger partial charge is 0.255 e. The molecule has 1 N–H and O–H groups in total. The van der Waals surface area contributed by atoms with Crippen LogP contribution in [-0.2, 0) is 10.0 Å². The molecule has 3 rings (SSSR count). The van der Waals surface area contributed by atoms with Gasteiger partial charge in [-0.2, -0.15) is 4.31 Å². The molecule has 2 aromatic rings. The van der Waals surface area contributed by atoms with Crippen molar-refractivity contribution in [3.05, 3.63) is 58.3 Å². The Labute approximate surface area is 166 Å². The molecule has 0 aromatic heterocycles. The number of halogens is 2. The first-order valence-corrected chi connectivity index (χ1v) is 11.0. The molecule has 27 heavy (non-hydrogen) atoms. The van der Waals surface area contributed by atoms with Gasteiger partial charge in [-0.15, -0.1) is 0 Å². The molecule has 1 amide bonds. The molecule has 1 fully saturated rings. The highest BCUT2D eigenvalue weighted by Gasteiger charge is 2.25. The van der Waals surface area contributed by atoms with Crippen LogP contribution in [0.4, 0.5) is 10.1 Å². The van der Waals surface area contributed by atoms with E-state index < -0.39 is 21.7 Å². The first kappa shape index (κ1) is 20.0. The van der Waals surface area contributed by atoms with Crippen LogP contribution in [-0.4, -0.2) is 31.7 Å². The Balaban J connectivity index is 1.75. The molecule has 0 bridgehead atoms. The van der Waals surface area contributed by atoms with Crippen molar-refractivity contribution in [1.82, 2.24) is 4.31 Å². The van der Waals surface area contributed by atoms with Crippen molar-refractivity contribution in [1.29, 1.82) is 0 Å². The van der Waals surface area contributed by atoms with Gasteiger partial charge in [-0.05, 0) is 55.3 Å². The van der Waals surface area contributed by atoms with Crippen LogP contribution in [0.15, 0.2) is 51.8 Å². The fourth-order valence-electron chi connectivity index (χ4n) is 2.99. The van der Waals surface area contributed by atoms with E-state index in [-0.39, 0.29) is 16.1 Å². The monoisotopic (exact) mass is 454 g/mol. The first-order chi connectivity index (χ1) is 12.9. The molecule has 5 nitrogen and oxygen atoms in total. The van der Waals surface area contributed by atoms with E-state index in [4.69, 9.17) is 0 Å². The van der Waals surface area contributed by atoms with Crippen LogP contribution in [0.5, 0.6) is 0 Å². The summed E-state index contributed by atoms with van der Waals surface area (Å²) in [5.41, 5.74) is 0.316. The van der Waals surface area contributed by atoms with E-state index in [1.54, 1.807) is 6.07 Å². The molecule has 0 radical (unpaired) electrons. The topological polar surface area (TPSA) is 66.5 Å². The average molecular weight is 455 g/mol. The fourth-order valence-corrected chi connectivity index (χ4v) is 4.84. The Kier molecular flexibility index (Phi) is 6.29. The van der Waals surface area contributed by atoms with Crippen LogP contribution < -0.4 is 5.32 Å². The van der Waals surface area contributed by atoms with Crippen LogP contribution >= 0.6 is 15.9 Å². The SMILES string of the molecule is O=C(Nc1ccc(Br)cc1F)c1ccc(S(=O)(=O)N2CCCCCC2)cc1. The Morgan fingerprint density at radius 2 is 1.63 bits per heavy atom. The number of rotatable bonds is 4. The lowest BCUT2D eigenvalue weighted by molar-refractivity contribution is 0.102. The molecule has 0 atom stereocenters. The van der Waals surface area contributed by atoms with Gasteiger partial charge in [0.15, 0.2) is 0 Å². The van der Waals surface area contributed by atoms with Gasteiger partial charge in [-0.1, -0.05) is 28.8 Å². The van der Waals surface area contributed by atoms with Gasteiger partial charge in [0, 0.05) is 23.1 Å². The van der Waals surface area contributed by atoms with Gasteiger partial charge in [0.25, 0.3) is 5.91 Å². The van der Waals surface area contributed by atoms with Gasteiger partial charge in [0.1, 0.15) is 5.82 Å². The standard InChI is InChI=1S/C19H20BrFN2O3S/c20-15-7-10-18(17(21)13-15)22-19(24)14-5-8-16(9-6-14)27(25,26)23-11-3-1-2-4-12-23/h5-10,13H,1-4,11-12H2,(H,22,24). The third-order valence-corrected chi connectivity index (χ3v) is 6.90. The predicted octanol–water partition coefficient (Wildman–Crippen LogP) is 4.41. The molecule has 0 spiro atoms. The molecule has 8 heteroatoms. The summed E-state index contributed by atoms with van der Waals surface area (Å²) in [6, 6.07) is 10.1. The molecule has 1 aliphatic rings. The van der Waals surface area contributed by atoms with E-state index in [0.717, 1.165) is 25.7 Å². The minimum atomic E-state index is -3.56. The number of hydrogen-bond acceptors (Lipinski definition) is 3. The zero-order chi connectivity index (χ0) is 19.4. The lowest BCUT2D eigenvalue weighted by atomic mass is 10.2. The van der Waals surface area contributed by atoms with Crippen LogP contribution in [0.3, 0.4) is 0 Å². The van der Waals surface area contributed by atoms with E-state index in [9.17, 15) is 17.6 Å². The third kappa shape index (κ3) is 4.75. The molecule has 0 unspecified atom stereocenters. The number of nitrogens with one attached hydrogen (secondary N) is 1.